The summed E-state index contributed by atoms with van der Waals surface area (Å²) < 4.78 is 5.18. The molecule has 0 spiro atoms. The predicted octanol–water partition coefficient (Wildman–Crippen LogP) is 3.42. The van der Waals surface area contributed by atoms with Crippen molar-refractivity contribution in [1.82, 2.24) is 9.97 Å². The number of hydrogen-bond donors (Lipinski definition) is 1. The summed E-state index contributed by atoms with van der Waals surface area (Å²) in [4.78, 5) is 23.0. The molecule has 0 fully saturated rings. The number of amides is 1. The molecule has 0 saturated heterocycles. The SMILES string of the molecule is COc1cccc(NC(=O)c2ccnc(N(C)CCc3ccncc3)c2)c1. The Bertz CT molecular complexity index is 899. The monoisotopic (exact) mass is 362 g/mol. The van der Waals surface area contributed by atoms with Crippen LogP contribution in [0.5, 0.6) is 5.75 Å². The minimum atomic E-state index is -0.186. The molecule has 6 heteroatoms. The molecule has 0 radical (unpaired) electrons. The second-order valence-electron chi connectivity index (χ2n) is 6.12. The van der Waals surface area contributed by atoms with Crippen LogP contribution in [0, 0.1) is 0 Å². The number of ether oxygens (including phenoxy) is 1. The van der Waals surface area contributed by atoms with Crippen molar-refractivity contribution in [1.29, 1.82) is 0 Å². The fourth-order valence-electron chi connectivity index (χ4n) is 2.63. The zero-order valence-corrected chi connectivity index (χ0v) is 15.4. The van der Waals surface area contributed by atoms with Gasteiger partial charge in [0.2, 0.25) is 0 Å². The van der Waals surface area contributed by atoms with E-state index in [1.165, 1.54) is 5.56 Å². The second kappa shape index (κ2) is 8.80. The Labute approximate surface area is 158 Å². The lowest BCUT2D eigenvalue weighted by molar-refractivity contribution is 0.102. The molecule has 3 rings (SSSR count). The van der Waals surface area contributed by atoms with Crippen molar-refractivity contribution in [3.8, 4) is 5.75 Å². The molecule has 0 bridgehead atoms. The summed E-state index contributed by atoms with van der Waals surface area (Å²) in [5, 5.41) is 2.88. The first-order valence-electron chi connectivity index (χ1n) is 8.67. The standard InChI is InChI=1S/C21H22N4O2/c1-25(13-9-16-6-10-22-11-7-16)20-14-17(8-12-23-20)21(26)24-18-4-3-5-19(15-18)27-2/h3-8,10-12,14-15H,9,13H2,1-2H3,(H,24,26). The molecule has 27 heavy (non-hydrogen) atoms. The number of aromatic nitrogens is 2. The average Bonchev–Trinajstić information content (AvgIpc) is 2.73. The van der Waals surface area contributed by atoms with E-state index in [1.807, 2.05) is 42.3 Å². The van der Waals surface area contributed by atoms with E-state index in [9.17, 15) is 4.79 Å². The van der Waals surface area contributed by atoms with Crippen LogP contribution in [0.1, 0.15) is 15.9 Å². The first kappa shape index (κ1) is 18.4. The van der Waals surface area contributed by atoms with E-state index in [1.54, 1.807) is 43.9 Å². The highest BCUT2D eigenvalue weighted by atomic mass is 16.5. The Balaban J connectivity index is 1.65. The molecule has 0 saturated carbocycles. The lowest BCUT2D eigenvalue weighted by atomic mass is 10.2. The van der Waals surface area contributed by atoms with Crippen molar-refractivity contribution in [3.05, 3.63) is 78.2 Å². The number of anilines is 2. The van der Waals surface area contributed by atoms with Gasteiger partial charge in [-0.1, -0.05) is 6.07 Å². The van der Waals surface area contributed by atoms with Crippen LogP contribution in [0.3, 0.4) is 0 Å². The minimum Gasteiger partial charge on any atom is -0.497 e. The second-order valence-corrected chi connectivity index (χ2v) is 6.12. The molecule has 0 aliphatic rings. The quantitative estimate of drug-likeness (QED) is 0.698. The van der Waals surface area contributed by atoms with Crippen molar-refractivity contribution in [3.63, 3.8) is 0 Å². The molecule has 6 nitrogen and oxygen atoms in total. The largest absolute Gasteiger partial charge is 0.497 e. The van der Waals surface area contributed by atoms with Crippen LogP contribution >= 0.6 is 0 Å². The van der Waals surface area contributed by atoms with Crippen LogP contribution < -0.4 is 15.0 Å². The number of nitrogens with one attached hydrogen (secondary N) is 1. The number of pyridine rings is 2. The number of likely N-dealkylation sites (N-methyl/N-ethyl adjacent to an activating group) is 1. The zero-order valence-electron chi connectivity index (χ0n) is 15.4. The number of carbonyl (C=O) groups is 1. The van der Waals surface area contributed by atoms with Crippen LogP contribution in [0.15, 0.2) is 67.1 Å². The summed E-state index contributed by atoms with van der Waals surface area (Å²) in [6, 6.07) is 14.8. The van der Waals surface area contributed by atoms with Gasteiger partial charge < -0.3 is 15.0 Å². The molecule has 2 aromatic heterocycles. The van der Waals surface area contributed by atoms with Crippen molar-refractivity contribution in [2.75, 3.05) is 30.9 Å². The van der Waals surface area contributed by atoms with Gasteiger partial charge in [0, 0.05) is 49.5 Å². The van der Waals surface area contributed by atoms with Crippen LogP contribution in [0.4, 0.5) is 11.5 Å². The summed E-state index contributed by atoms with van der Waals surface area (Å²) >= 11 is 0. The third kappa shape index (κ3) is 5.04. The van der Waals surface area contributed by atoms with Gasteiger partial charge in [-0.3, -0.25) is 9.78 Å². The van der Waals surface area contributed by atoms with Crippen LogP contribution in [0.25, 0.3) is 0 Å². The molecule has 2 heterocycles. The average molecular weight is 362 g/mol. The van der Waals surface area contributed by atoms with E-state index >= 15 is 0 Å². The van der Waals surface area contributed by atoms with E-state index in [0.717, 1.165) is 18.8 Å². The molecule has 1 aromatic carbocycles. The molecule has 1 amide bonds. The molecule has 0 aliphatic carbocycles. The van der Waals surface area contributed by atoms with Gasteiger partial charge in [0.15, 0.2) is 0 Å². The summed E-state index contributed by atoms with van der Waals surface area (Å²) in [6.07, 6.45) is 6.11. The number of benzene rings is 1. The molecule has 0 atom stereocenters. The molecule has 0 unspecified atom stereocenters. The van der Waals surface area contributed by atoms with E-state index in [0.29, 0.717) is 17.0 Å². The topological polar surface area (TPSA) is 67.3 Å². The molecular weight excluding hydrogens is 340 g/mol. The van der Waals surface area contributed by atoms with Crippen molar-refractivity contribution in [2.24, 2.45) is 0 Å². The van der Waals surface area contributed by atoms with E-state index in [2.05, 4.69) is 15.3 Å². The Hall–Kier alpha value is -3.41. The van der Waals surface area contributed by atoms with Crippen molar-refractivity contribution >= 4 is 17.4 Å². The van der Waals surface area contributed by atoms with Gasteiger partial charge in [0.05, 0.1) is 7.11 Å². The normalized spacial score (nSPS) is 10.3. The highest BCUT2D eigenvalue weighted by Gasteiger charge is 2.10. The number of hydrogen-bond acceptors (Lipinski definition) is 5. The Morgan fingerprint density at radius 3 is 2.70 bits per heavy atom. The highest BCUT2D eigenvalue weighted by molar-refractivity contribution is 6.04. The molecule has 138 valence electrons. The van der Waals surface area contributed by atoms with Crippen LogP contribution in [-0.2, 0) is 6.42 Å². The molecule has 0 aliphatic heterocycles. The summed E-state index contributed by atoms with van der Waals surface area (Å²) in [5.41, 5.74) is 2.45. The maximum atomic E-state index is 12.6. The fraction of sp³-hybridized carbons (Fsp3) is 0.190. The lowest BCUT2D eigenvalue weighted by Gasteiger charge is -2.18. The minimum absolute atomic E-state index is 0.186. The molecule has 3 aromatic rings. The Morgan fingerprint density at radius 1 is 1.11 bits per heavy atom. The van der Waals surface area contributed by atoms with Crippen LogP contribution in [0.2, 0.25) is 0 Å². The number of nitrogens with zero attached hydrogens (tertiary/aromatic N) is 3. The zero-order chi connectivity index (χ0) is 19.1. The summed E-state index contributed by atoms with van der Waals surface area (Å²) in [6.45, 7) is 0.790. The number of carbonyl (C=O) groups excluding carboxylic acids is 1. The lowest BCUT2D eigenvalue weighted by Crippen LogP contribution is -2.22. The third-order valence-corrected chi connectivity index (χ3v) is 4.21. The van der Waals surface area contributed by atoms with E-state index < -0.39 is 0 Å². The van der Waals surface area contributed by atoms with Gasteiger partial charge in [-0.25, -0.2) is 4.98 Å². The molecular formula is C21H22N4O2. The van der Waals surface area contributed by atoms with Gasteiger partial charge in [-0.05, 0) is 48.4 Å². The van der Waals surface area contributed by atoms with Gasteiger partial charge in [-0.15, -0.1) is 0 Å². The number of methoxy groups -OCH3 is 1. The van der Waals surface area contributed by atoms with Gasteiger partial charge in [0.25, 0.3) is 5.91 Å². The van der Waals surface area contributed by atoms with Gasteiger partial charge in [-0.2, -0.15) is 0 Å². The predicted molar refractivity (Wildman–Crippen MR) is 106 cm³/mol. The smallest absolute Gasteiger partial charge is 0.255 e. The summed E-state index contributed by atoms with van der Waals surface area (Å²) in [7, 11) is 3.56. The van der Waals surface area contributed by atoms with Gasteiger partial charge >= 0.3 is 0 Å². The van der Waals surface area contributed by atoms with E-state index in [-0.39, 0.29) is 5.91 Å². The molecule has 1 N–H and O–H groups in total. The van der Waals surface area contributed by atoms with Crippen molar-refractivity contribution in [2.45, 2.75) is 6.42 Å². The Morgan fingerprint density at radius 2 is 1.93 bits per heavy atom. The van der Waals surface area contributed by atoms with Crippen molar-refractivity contribution < 1.29 is 9.53 Å². The highest BCUT2D eigenvalue weighted by Crippen LogP contribution is 2.18. The van der Waals surface area contributed by atoms with Crippen LogP contribution in [-0.4, -0.2) is 36.6 Å². The first-order chi connectivity index (χ1) is 13.2. The summed E-state index contributed by atoms with van der Waals surface area (Å²) in [5.74, 6) is 1.26. The van der Waals surface area contributed by atoms with Gasteiger partial charge in [0.1, 0.15) is 11.6 Å². The maximum absolute atomic E-state index is 12.6. The maximum Gasteiger partial charge on any atom is 0.255 e. The first-order valence-corrected chi connectivity index (χ1v) is 8.67. The Kier molecular flexibility index (Phi) is 5.99. The number of rotatable bonds is 7. The van der Waals surface area contributed by atoms with E-state index in [4.69, 9.17) is 4.74 Å². The third-order valence-electron chi connectivity index (χ3n) is 4.21. The fourth-order valence-corrected chi connectivity index (χ4v) is 2.63.